The van der Waals surface area contributed by atoms with Crippen LogP contribution in [0.2, 0.25) is 5.02 Å². The van der Waals surface area contributed by atoms with E-state index in [2.05, 4.69) is 10.3 Å². The molecule has 0 saturated heterocycles. The van der Waals surface area contributed by atoms with Crippen molar-refractivity contribution in [1.29, 1.82) is 5.26 Å². The van der Waals surface area contributed by atoms with Crippen LogP contribution in [0.5, 0.6) is 0 Å². The highest BCUT2D eigenvalue weighted by Crippen LogP contribution is 2.23. The Morgan fingerprint density at radius 2 is 2.33 bits per heavy atom. The first-order chi connectivity index (χ1) is 8.60. The molecule has 0 spiro atoms. The van der Waals surface area contributed by atoms with E-state index >= 15 is 0 Å². The summed E-state index contributed by atoms with van der Waals surface area (Å²) in [6.07, 6.45) is 0. The maximum absolute atomic E-state index is 11.8. The lowest BCUT2D eigenvalue weighted by atomic mass is 10.2. The van der Waals surface area contributed by atoms with Gasteiger partial charge in [0.15, 0.2) is 0 Å². The average Bonchev–Trinajstić information content (AvgIpc) is 2.78. The number of aromatic nitrogens is 1. The average molecular weight is 278 g/mol. The van der Waals surface area contributed by atoms with E-state index in [1.54, 1.807) is 17.5 Å². The third-order valence-electron chi connectivity index (χ3n) is 2.20. The van der Waals surface area contributed by atoms with E-state index in [1.807, 2.05) is 13.0 Å². The van der Waals surface area contributed by atoms with Gasteiger partial charge in [-0.15, -0.1) is 11.3 Å². The van der Waals surface area contributed by atoms with Gasteiger partial charge >= 0.3 is 0 Å². The van der Waals surface area contributed by atoms with Crippen LogP contribution < -0.4 is 5.32 Å². The molecular weight excluding hydrogens is 270 g/mol. The van der Waals surface area contributed by atoms with Crippen molar-refractivity contribution < 1.29 is 4.79 Å². The highest BCUT2D eigenvalue weighted by Gasteiger charge is 2.11. The van der Waals surface area contributed by atoms with Gasteiger partial charge in [-0.05, 0) is 25.1 Å². The van der Waals surface area contributed by atoms with Gasteiger partial charge in [0.1, 0.15) is 5.69 Å². The van der Waals surface area contributed by atoms with Gasteiger partial charge in [-0.2, -0.15) is 5.26 Å². The van der Waals surface area contributed by atoms with E-state index in [-0.39, 0.29) is 5.91 Å². The van der Waals surface area contributed by atoms with Gasteiger partial charge in [0.05, 0.1) is 27.4 Å². The first-order valence-corrected chi connectivity index (χ1v) is 6.29. The number of halogens is 1. The van der Waals surface area contributed by atoms with Crippen LogP contribution in [-0.4, -0.2) is 10.9 Å². The number of hydrogen-bond donors (Lipinski definition) is 1. The van der Waals surface area contributed by atoms with Crippen molar-refractivity contribution in [2.75, 3.05) is 5.32 Å². The second kappa shape index (κ2) is 5.17. The minimum Gasteiger partial charge on any atom is -0.319 e. The molecule has 0 aliphatic rings. The quantitative estimate of drug-likeness (QED) is 0.916. The molecular formula is C12H8ClN3OS. The van der Waals surface area contributed by atoms with Crippen LogP contribution in [0.4, 0.5) is 5.69 Å². The zero-order valence-electron chi connectivity index (χ0n) is 9.40. The number of carbonyl (C=O) groups excluding carboxylic acids is 1. The van der Waals surface area contributed by atoms with Crippen molar-refractivity contribution in [1.82, 2.24) is 4.98 Å². The molecule has 1 amide bonds. The second-order valence-electron chi connectivity index (χ2n) is 3.51. The molecule has 2 rings (SSSR count). The fraction of sp³-hybridized carbons (Fsp3) is 0.0833. The molecule has 1 aromatic heterocycles. The number of carbonyl (C=O) groups is 1. The Labute approximate surface area is 113 Å². The summed E-state index contributed by atoms with van der Waals surface area (Å²) < 4.78 is 0. The number of hydrogen-bond acceptors (Lipinski definition) is 4. The van der Waals surface area contributed by atoms with Gasteiger partial charge in [0, 0.05) is 5.38 Å². The Bertz CT molecular complexity index is 645. The standard InChI is InChI=1S/C12H8ClN3OS/c1-7-15-11(6-18-7)12(17)16-10-3-2-8(5-14)4-9(10)13/h2-4,6H,1H3,(H,16,17). The summed E-state index contributed by atoms with van der Waals surface area (Å²) >= 11 is 7.37. The molecule has 18 heavy (non-hydrogen) atoms. The zero-order valence-corrected chi connectivity index (χ0v) is 11.0. The van der Waals surface area contributed by atoms with Gasteiger partial charge in [0.2, 0.25) is 0 Å². The van der Waals surface area contributed by atoms with E-state index in [0.29, 0.717) is 22.0 Å². The third-order valence-corrected chi connectivity index (χ3v) is 3.28. The molecule has 0 atom stereocenters. The van der Waals surface area contributed by atoms with Crippen LogP contribution in [-0.2, 0) is 0 Å². The Kier molecular flexibility index (Phi) is 3.60. The van der Waals surface area contributed by atoms with E-state index in [0.717, 1.165) is 5.01 Å². The SMILES string of the molecule is Cc1nc(C(=O)Nc2ccc(C#N)cc2Cl)cs1. The Morgan fingerprint density at radius 1 is 1.56 bits per heavy atom. The number of nitrogens with zero attached hydrogens (tertiary/aromatic N) is 2. The molecule has 0 radical (unpaired) electrons. The predicted molar refractivity (Wildman–Crippen MR) is 71.0 cm³/mol. The van der Waals surface area contributed by atoms with Crippen LogP contribution in [0.25, 0.3) is 0 Å². The molecule has 1 aromatic carbocycles. The largest absolute Gasteiger partial charge is 0.319 e. The van der Waals surface area contributed by atoms with Crippen LogP contribution in [0.1, 0.15) is 21.1 Å². The fourth-order valence-electron chi connectivity index (χ4n) is 1.34. The van der Waals surface area contributed by atoms with Gasteiger partial charge in [0.25, 0.3) is 5.91 Å². The molecule has 0 fully saturated rings. The summed E-state index contributed by atoms with van der Waals surface area (Å²) in [5.41, 5.74) is 1.27. The molecule has 2 aromatic rings. The van der Waals surface area contributed by atoms with Crippen molar-refractivity contribution in [2.45, 2.75) is 6.92 Å². The summed E-state index contributed by atoms with van der Waals surface area (Å²) in [5, 5.41) is 14.2. The molecule has 1 heterocycles. The van der Waals surface area contributed by atoms with E-state index < -0.39 is 0 Å². The number of benzene rings is 1. The monoisotopic (exact) mass is 277 g/mol. The lowest BCUT2D eigenvalue weighted by Crippen LogP contribution is -2.12. The first-order valence-electron chi connectivity index (χ1n) is 5.03. The third kappa shape index (κ3) is 2.67. The van der Waals surface area contributed by atoms with E-state index in [4.69, 9.17) is 16.9 Å². The normalized spacial score (nSPS) is 9.83. The summed E-state index contributed by atoms with van der Waals surface area (Å²) in [5.74, 6) is -0.314. The molecule has 1 N–H and O–H groups in total. The second-order valence-corrected chi connectivity index (χ2v) is 4.98. The molecule has 90 valence electrons. The molecule has 0 unspecified atom stereocenters. The van der Waals surface area contributed by atoms with Crippen LogP contribution in [0.15, 0.2) is 23.6 Å². The smallest absolute Gasteiger partial charge is 0.275 e. The fourth-order valence-corrected chi connectivity index (χ4v) is 2.16. The number of rotatable bonds is 2. The lowest BCUT2D eigenvalue weighted by Gasteiger charge is -2.05. The maximum atomic E-state index is 11.8. The molecule has 6 heteroatoms. The molecule has 0 bridgehead atoms. The zero-order chi connectivity index (χ0) is 13.1. The van der Waals surface area contributed by atoms with Gasteiger partial charge < -0.3 is 5.32 Å². The minimum atomic E-state index is -0.314. The van der Waals surface area contributed by atoms with Crippen molar-refractivity contribution in [2.24, 2.45) is 0 Å². The Hall–Kier alpha value is -1.90. The van der Waals surface area contributed by atoms with Crippen molar-refractivity contribution in [3.8, 4) is 6.07 Å². The Morgan fingerprint density at radius 3 is 2.89 bits per heavy atom. The first kappa shape index (κ1) is 12.6. The topological polar surface area (TPSA) is 65.8 Å². The Balaban J connectivity index is 2.20. The number of aryl methyl sites for hydroxylation is 1. The maximum Gasteiger partial charge on any atom is 0.275 e. The van der Waals surface area contributed by atoms with E-state index in [9.17, 15) is 4.79 Å². The molecule has 0 aliphatic heterocycles. The highest BCUT2D eigenvalue weighted by molar-refractivity contribution is 7.09. The van der Waals surface area contributed by atoms with E-state index in [1.165, 1.54) is 17.4 Å². The number of thiazole rings is 1. The number of nitriles is 1. The predicted octanol–water partition coefficient (Wildman–Crippen LogP) is 3.23. The summed E-state index contributed by atoms with van der Waals surface area (Å²) in [7, 11) is 0. The molecule has 4 nitrogen and oxygen atoms in total. The van der Waals surface area contributed by atoms with Gasteiger partial charge in [-0.25, -0.2) is 4.98 Å². The van der Waals surface area contributed by atoms with Crippen LogP contribution in [0, 0.1) is 18.3 Å². The van der Waals surface area contributed by atoms with Crippen molar-refractivity contribution >= 4 is 34.5 Å². The highest BCUT2D eigenvalue weighted by atomic mass is 35.5. The van der Waals surface area contributed by atoms with Crippen LogP contribution >= 0.6 is 22.9 Å². The van der Waals surface area contributed by atoms with Gasteiger partial charge in [-0.3, -0.25) is 4.79 Å². The number of anilines is 1. The lowest BCUT2D eigenvalue weighted by molar-refractivity contribution is 0.102. The summed E-state index contributed by atoms with van der Waals surface area (Å²) in [6.45, 7) is 1.83. The number of nitrogens with one attached hydrogen (secondary N) is 1. The summed E-state index contributed by atoms with van der Waals surface area (Å²) in [4.78, 5) is 15.9. The molecule has 0 saturated carbocycles. The molecule has 0 aliphatic carbocycles. The minimum absolute atomic E-state index is 0.314. The van der Waals surface area contributed by atoms with Crippen molar-refractivity contribution in [3.05, 3.63) is 44.9 Å². The van der Waals surface area contributed by atoms with Gasteiger partial charge in [-0.1, -0.05) is 11.6 Å². The van der Waals surface area contributed by atoms with Crippen molar-refractivity contribution in [3.63, 3.8) is 0 Å². The summed E-state index contributed by atoms with van der Waals surface area (Å²) in [6, 6.07) is 6.67. The van der Waals surface area contributed by atoms with Crippen LogP contribution in [0.3, 0.4) is 0 Å². The number of amides is 1.